The van der Waals surface area contributed by atoms with Gasteiger partial charge in [0.25, 0.3) is 5.91 Å². The number of carbonyl (C=O) groups is 9. The van der Waals surface area contributed by atoms with E-state index in [0.717, 1.165) is 23.6 Å². The Morgan fingerprint density at radius 3 is 1.95 bits per heavy atom. The van der Waals surface area contributed by atoms with Gasteiger partial charge in [0.2, 0.25) is 5.91 Å². The van der Waals surface area contributed by atoms with E-state index in [9.17, 15) is 43.2 Å². The Morgan fingerprint density at radius 1 is 0.741 bits per heavy atom. The summed E-state index contributed by atoms with van der Waals surface area (Å²) in [7, 11) is 2.51. The first-order valence-electron chi connectivity index (χ1n) is 25.4. The maximum Gasteiger partial charge on any atom is 0.412 e. The number of benzene rings is 5. The maximum atomic E-state index is 14.5. The Morgan fingerprint density at radius 2 is 1.33 bits per heavy atom. The molecule has 23 heteroatoms. The van der Waals surface area contributed by atoms with Crippen molar-refractivity contribution in [1.82, 2.24) is 25.8 Å². The first-order valence-corrected chi connectivity index (χ1v) is 26.4. The van der Waals surface area contributed by atoms with Gasteiger partial charge in [-0.25, -0.2) is 28.9 Å². The van der Waals surface area contributed by atoms with Crippen molar-refractivity contribution in [2.24, 2.45) is 0 Å². The number of hydrogen-bond acceptors (Lipinski definition) is 16. The predicted molar refractivity (Wildman–Crippen MR) is 294 cm³/mol. The first-order chi connectivity index (χ1) is 38.8. The van der Waals surface area contributed by atoms with E-state index in [0.29, 0.717) is 22.3 Å². The molecule has 22 nitrogen and oxygen atoms in total. The highest BCUT2D eigenvalue weighted by atomic mass is 32.2. The smallest absolute Gasteiger partial charge is 0.412 e. The van der Waals surface area contributed by atoms with Crippen molar-refractivity contribution in [3.8, 4) is 0 Å². The van der Waals surface area contributed by atoms with Gasteiger partial charge in [0.15, 0.2) is 17.6 Å². The molecule has 2 unspecified atom stereocenters. The van der Waals surface area contributed by atoms with Crippen LogP contribution in [-0.2, 0) is 57.8 Å². The summed E-state index contributed by atoms with van der Waals surface area (Å²) >= 11 is 1.04. The van der Waals surface area contributed by atoms with Gasteiger partial charge in [-0.2, -0.15) is 0 Å². The van der Waals surface area contributed by atoms with Gasteiger partial charge in [-0.05, 0) is 55.2 Å². The zero-order valence-corrected chi connectivity index (χ0v) is 45.7. The van der Waals surface area contributed by atoms with Crippen LogP contribution in [0.15, 0.2) is 151 Å². The minimum absolute atomic E-state index is 0.0220. The van der Waals surface area contributed by atoms with E-state index in [1.165, 1.54) is 25.2 Å². The molecule has 5 N–H and O–H groups in total. The van der Waals surface area contributed by atoms with E-state index < -0.39 is 114 Å². The van der Waals surface area contributed by atoms with Crippen molar-refractivity contribution in [2.45, 2.75) is 67.7 Å². The zero-order valence-electron chi connectivity index (χ0n) is 44.9. The van der Waals surface area contributed by atoms with Crippen LogP contribution >= 0.6 is 11.8 Å². The molecule has 0 bridgehead atoms. The van der Waals surface area contributed by atoms with Crippen molar-refractivity contribution in [2.75, 3.05) is 51.2 Å². The Kier molecular flexibility index (Phi) is 18.1. The van der Waals surface area contributed by atoms with Crippen LogP contribution in [0.25, 0.3) is 0 Å². The molecule has 81 heavy (non-hydrogen) atoms. The molecule has 3 aliphatic heterocycles. The summed E-state index contributed by atoms with van der Waals surface area (Å²) in [5.41, 5.74) is -0.356. The highest BCUT2D eigenvalue weighted by Gasteiger charge is 2.57. The number of nitrogens with zero attached hydrogens (tertiary/aromatic N) is 2. The number of carbonyl (C=O) groups excluding carboxylic acids is 9. The van der Waals surface area contributed by atoms with Crippen molar-refractivity contribution in [3.63, 3.8) is 0 Å². The van der Waals surface area contributed by atoms with Crippen LogP contribution in [0.2, 0.25) is 0 Å². The van der Waals surface area contributed by atoms with Gasteiger partial charge >= 0.3 is 42.2 Å². The molecular weight excluding hydrogens is 1070 g/mol. The first kappa shape index (κ1) is 57.9. The number of rotatable bonds is 18. The van der Waals surface area contributed by atoms with Crippen LogP contribution in [0.5, 0.6) is 0 Å². The van der Waals surface area contributed by atoms with Crippen LogP contribution in [0.4, 0.5) is 30.6 Å². The lowest BCUT2D eigenvalue weighted by molar-refractivity contribution is -0.164. The van der Waals surface area contributed by atoms with Crippen molar-refractivity contribution in [3.05, 3.63) is 179 Å². The second kappa shape index (κ2) is 25.3. The molecule has 3 aliphatic rings. The van der Waals surface area contributed by atoms with Gasteiger partial charge in [0.05, 0.1) is 26.2 Å². The van der Waals surface area contributed by atoms with E-state index in [1.54, 1.807) is 154 Å². The van der Waals surface area contributed by atoms with Crippen LogP contribution in [-0.4, -0.2) is 127 Å². The molecule has 3 heterocycles. The molecular formula is C58H59N7O15S. The standard InChI is InChI=1S/C58H59N7O15S/c1-34(66)77-32-39-45(51(69)79-46(35-20-10-7-11-21-35)36-22-12-8-13-23-36)65-49(68)47(75-5)50(65)81-48(39)63-44(67)30-59-53(71)64-31-43(60-54(64)72)38-26-16-18-28-41(38)61-55(73)78-33-58(52(70)76-6,37-24-14-9-15-25-37)40-27-17-19-29-42(40)62-56(74)80-57(2,3)4/h7-29,43,46-48,50H,30-33H2,1-6H3,(H,59,71)(H,60,72)(H,61,73)(H,62,74)(H,63,67)/t43?,47-,48-,50+,58?/m1/s1. The van der Waals surface area contributed by atoms with Crippen molar-refractivity contribution in [1.29, 1.82) is 0 Å². The Bertz CT molecular complexity index is 3190. The van der Waals surface area contributed by atoms with E-state index >= 15 is 0 Å². The number of urea groups is 2. The van der Waals surface area contributed by atoms with Crippen LogP contribution in [0.3, 0.4) is 0 Å². The quantitative estimate of drug-likeness (QED) is 0.0334. The van der Waals surface area contributed by atoms with Gasteiger partial charge in [0, 0.05) is 36.5 Å². The normalized spacial score (nSPS) is 18.2. The van der Waals surface area contributed by atoms with Crippen LogP contribution in [0.1, 0.15) is 67.7 Å². The average molecular weight is 1130 g/mol. The number of ether oxygens (including phenoxy) is 6. The van der Waals surface area contributed by atoms with Crippen molar-refractivity contribution < 1.29 is 71.6 Å². The topological polar surface area (TPSA) is 276 Å². The van der Waals surface area contributed by atoms with Gasteiger partial charge in [-0.15, -0.1) is 11.8 Å². The lowest BCUT2D eigenvalue weighted by atomic mass is 9.74. The van der Waals surface area contributed by atoms with Gasteiger partial charge in [-0.3, -0.25) is 34.7 Å². The van der Waals surface area contributed by atoms with Crippen LogP contribution < -0.4 is 26.6 Å². The number of hydrogen-bond donors (Lipinski definition) is 5. The molecule has 2 fully saturated rings. The molecule has 0 aromatic heterocycles. The number of thioether (sulfide) groups is 1. The number of imide groups is 1. The fraction of sp³-hybridized carbons (Fsp3) is 0.293. The fourth-order valence-electron chi connectivity index (χ4n) is 9.40. The van der Waals surface area contributed by atoms with Gasteiger partial charge in [-0.1, -0.05) is 127 Å². The van der Waals surface area contributed by atoms with E-state index in [4.69, 9.17) is 28.4 Å². The minimum atomic E-state index is -1.83. The third-order valence-corrected chi connectivity index (χ3v) is 14.5. The van der Waals surface area contributed by atoms with Gasteiger partial charge < -0.3 is 44.4 Å². The molecule has 8 rings (SSSR count). The Labute approximate surface area is 470 Å². The maximum absolute atomic E-state index is 14.5. The number of fused-ring (bicyclic) bond motifs is 1. The lowest BCUT2D eigenvalue weighted by Gasteiger charge is -2.50. The number of para-hydroxylation sites is 2. The number of β-lactam (4-membered cyclic amide) rings is 1. The number of methoxy groups -OCH3 is 2. The molecule has 5 atom stereocenters. The highest BCUT2D eigenvalue weighted by molar-refractivity contribution is 8.00. The third-order valence-electron chi connectivity index (χ3n) is 13.1. The van der Waals surface area contributed by atoms with E-state index in [2.05, 4.69) is 26.6 Å². The fourth-order valence-corrected chi connectivity index (χ4v) is 10.9. The molecule has 5 aromatic carbocycles. The number of esters is 3. The summed E-state index contributed by atoms with van der Waals surface area (Å²) in [5, 5.41) is 11.4. The SMILES string of the molecule is COC(=O)C(COC(=O)Nc1ccccc1C1CN(C(=O)NCC(=O)N[C@@H]2S[C@H]3[C@H](OC)C(=O)N3C(C(=O)OC(c3ccccc3)c3ccccc3)=C2COC(C)=O)C(=O)N1)(c1ccccc1)c1ccccc1NC(=O)OC(C)(C)C. The third kappa shape index (κ3) is 13.1. The number of nitrogens with one attached hydrogen (secondary N) is 5. The molecule has 0 spiro atoms. The predicted octanol–water partition coefficient (Wildman–Crippen LogP) is 7.04. The summed E-state index contributed by atoms with van der Waals surface area (Å²) in [5.74, 6) is -3.83. The summed E-state index contributed by atoms with van der Waals surface area (Å²) in [4.78, 5) is 124. The van der Waals surface area contributed by atoms with Gasteiger partial charge in [0.1, 0.15) is 35.3 Å². The molecule has 0 radical (unpaired) electrons. The Hall–Kier alpha value is -9.22. The molecule has 8 amide bonds. The number of amides is 8. The largest absolute Gasteiger partial charge is 0.468 e. The molecule has 0 saturated carbocycles. The van der Waals surface area contributed by atoms with E-state index in [1.807, 2.05) is 0 Å². The molecule has 2 saturated heterocycles. The molecule has 0 aliphatic carbocycles. The molecule has 422 valence electrons. The average Bonchev–Trinajstić information content (AvgIpc) is 4.03. The summed E-state index contributed by atoms with van der Waals surface area (Å²) < 4.78 is 33.7. The minimum Gasteiger partial charge on any atom is -0.468 e. The summed E-state index contributed by atoms with van der Waals surface area (Å²) in [6.45, 7) is 4.15. The highest BCUT2D eigenvalue weighted by Crippen LogP contribution is 2.46. The monoisotopic (exact) mass is 1130 g/mol. The van der Waals surface area contributed by atoms with Crippen molar-refractivity contribution >= 4 is 77.1 Å². The summed E-state index contributed by atoms with van der Waals surface area (Å²) in [6, 6.07) is 36.5. The van der Waals surface area contributed by atoms with E-state index in [-0.39, 0.29) is 34.8 Å². The van der Waals surface area contributed by atoms with Crippen LogP contribution in [0, 0.1) is 0 Å². The number of anilines is 2. The second-order valence-electron chi connectivity index (χ2n) is 19.6. The lowest BCUT2D eigenvalue weighted by Crippen LogP contribution is -2.67. The zero-order chi connectivity index (χ0) is 58.0. The Balaban J connectivity index is 0.957. The second-order valence-corrected chi connectivity index (χ2v) is 20.8. The molecule has 5 aromatic rings. The summed E-state index contributed by atoms with van der Waals surface area (Å²) in [6.07, 6.45) is -3.76.